The largest absolute Gasteiger partial charge is 0.491 e. The van der Waals surface area contributed by atoms with Crippen LogP contribution in [0.5, 0.6) is 5.75 Å². The minimum Gasteiger partial charge on any atom is -0.491 e. The van der Waals surface area contributed by atoms with E-state index in [1.807, 2.05) is 0 Å². The van der Waals surface area contributed by atoms with E-state index in [-0.39, 0.29) is 17.4 Å². The zero-order valence-electron chi connectivity index (χ0n) is 6.59. The van der Waals surface area contributed by atoms with Crippen LogP contribution >= 0.6 is 24.0 Å². The van der Waals surface area contributed by atoms with E-state index in [4.69, 9.17) is 22.1 Å². The number of benzene rings is 1. The average Bonchev–Trinajstić information content (AvgIpc) is 2.41. The van der Waals surface area contributed by atoms with Gasteiger partial charge in [-0.1, -0.05) is 11.6 Å². The number of halogens is 3. The maximum absolute atomic E-state index is 13.3. The number of fused-ring (bicyclic) bond motifs is 1. The first-order valence-corrected chi connectivity index (χ1v) is 3.94. The Morgan fingerprint density at radius 2 is 2.23 bits per heavy atom. The molecule has 1 aromatic rings. The minimum absolute atomic E-state index is 0. The molecule has 1 aliphatic rings. The van der Waals surface area contributed by atoms with Crippen LogP contribution in [0.25, 0.3) is 0 Å². The van der Waals surface area contributed by atoms with Gasteiger partial charge in [-0.15, -0.1) is 12.4 Å². The molecule has 0 radical (unpaired) electrons. The van der Waals surface area contributed by atoms with E-state index in [1.54, 1.807) is 6.07 Å². The lowest BCUT2D eigenvalue weighted by atomic mass is 10.1. The molecule has 0 saturated carbocycles. The average molecular weight is 224 g/mol. The minimum atomic E-state index is -0.459. The van der Waals surface area contributed by atoms with E-state index >= 15 is 0 Å². The van der Waals surface area contributed by atoms with Gasteiger partial charge in [0.2, 0.25) is 0 Å². The Labute approximate surface area is 86.2 Å². The van der Waals surface area contributed by atoms with E-state index in [0.29, 0.717) is 17.9 Å². The highest BCUT2D eigenvalue weighted by molar-refractivity contribution is 6.30. The summed E-state index contributed by atoms with van der Waals surface area (Å²) in [6, 6.07) is 2.71. The van der Waals surface area contributed by atoms with E-state index in [0.717, 1.165) is 0 Å². The summed E-state index contributed by atoms with van der Waals surface area (Å²) < 4.78 is 18.4. The summed E-state index contributed by atoms with van der Waals surface area (Å²) in [5, 5.41) is 0.0923. The first kappa shape index (κ1) is 10.6. The van der Waals surface area contributed by atoms with Crippen LogP contribution in [0.15, 0.2) is 12.1 Å². The fourth-order valence-electron chi connectivity index (χ4n) is 1.28. The van der Waals surface area contributed by atoms with Gasteiger partial charge in [0.25, 0.3) is 0 Å². The predicted molar refractivity (Wildman–Crippen MR) is 51.1 cm³/mol. The molecule has 2 rings (SSSR count). The van der Waals surface area contributed by atoms with Crippen LogP contribution in [0.4, 0.5) is 4.39 Å². The monoisotopic (exact) mass is 223 g/mol. The van der Waals surface area contributed by atoms with Gasteiger partial charge in [0.1, 0.15) is 18.2 Å². The summed E-state index contributed by atoms with van der Waals surface area (Å²) in [6.45, 7) is 0.326. The molecule has 1 unspecified atom stereocenters. The van der Waals surface area contributed by atoms with E-state index in [9.17, 15) is 4.39 Å². The number of ether oxygens (including phenoxy) is 1. The molecule has 5 heteroatoms. The second kappa shape index (κ2) is 3.70. The highest BCUT2D eigenvalue weighted by atomic mass is 35.5. The lowest BCUT2D eigenvalue weighted by molar-refractivity contribution is 0.333. The zero-order valence-corrected chi connectivity index (χ0v) is 8.16. The summed E-state index contributed by atoms with van der Waals surface area (Å²) in [4.78, 5) is 0. The Bertz CT molecular complexity index is 332. The molecule has 0 spiro atoms. The Kier molecular flexibility index (Phi) is 3.01. The molecule has 1 heterocycles. The van der Waals surface area contributed by atoms with Crippen molar-refractivity contribution in [2.75, 3.05) is 6.61 Å². The second-order valence-corrected chi connectivity index (χ2v) is 3.10. The van der Waals surface area contributed by atoms with E-state index in [2.05, 4.69) is 0 Å². The number of hydrogen-bond acceptors (Lipinski definition) is 2. The van der Waals surface area contributed by atoms with Crippen LogP contribution in [0.2, 0.25) is 5.02 Å². The van der Waals surface area contributed by atoms with Crippen molar-refractivity contribution in [1.82, 2.24) is 0 Å². The van der Waals surface area contributed by atoms with E-state index in [1.165, 1.54) is 6.07 Å². The van der Waals surface area contributed by atoms with Crippen molar-refractivity contribution in [3.05, 3.63) is 28.5 Å². The van der Waals surface area contributed by atoms with Gasteiger partial charge >= 0.3 is 0 Å². The third-order valence-electron chi connectivity index (χ3n) is 1.88. The molecule has 0 amide bonds. The summed E-state index contributed by atoms with van der Waals surface area (Å²) in [5.74, 6) is 0.0450. The number of hydrogen-bond donors (Lipinski definition) is 1. The Balaban J connectivity index is 0.000000845. The quantitative estimate of drug-likeness (QED) is 0.733. The summed E-state index contributed by atoms with van der Waals surface area (Å²) in [5.41, 5.74) is 5.98. The topological polar surface area (TPSA) is 35.2 Å². The molecule has 72 valence electrons. The lowest BCUT2D eigenvalue weighted by Gasteiger charge is -2.03. The van der Waals surface area contributed by atoms with Crippen molar-refractivity contribution in [2.45, 2.75) is 6.04 Å². The van der Waals surface area contributed by atoms with Crippen LogP contribution in [0.1, 0.15) is 11.6 Å². The first-order chi connectivity index (χ1) is 5.70. The van der Waals surface area contributed by atoms with Crippen LogP contribution in [-0.2, 0) is 0 Å². The maximum Gasteiger partial charge on any atom is 0.150 e. The van der Waals surface area contributed by atoms with Crippen molar-refractivity contribution < 1.29 is 9.13 Å². The van der Waals surface area contributed by atoms with Crippen LogP contribution in [0.3, 0.4) is 0 Å². The number of nitrogens with two attached hydrogens (primary N) is 1. The normalized spacial score (nSPS) is 18.8. The molecule has 0 saturated heterocycles. The zero-order chi connectivity index (χ0) is 8.72. The summed E-state index contributed by atoms with van der Waals surface area (Å²) in [6.07, 6.45) is 0. The van der Waals surface area contributed by atoms with Gasteiger partial charge in [-0.05, 0) is 12.1 Å². The van der Waals surface area contributed by atoms with Gasteiger partial charge in [-0.3, -0.25) is 0 Å². The molecule has 0 bridgehead atoms. The maximum atomic E-state index is 13.3. The third-order valence-corrected chi connectivity index (χ3v) is 2.17. The van der Waals surface area contributed by atoms with Crippen LogP contribution in [0, 0.1) is 5.82 Å². The third kappa shape index (κ3) is 1.59. The SMILES string of the molecule is Cl.NC1COc2ccc(Cl)c(F)c21. The highest BCUT2D eigenvalue weighted by Gasteiger charge is 2.25. The molecule has 2 nitrogen and oxygen atoms in total. The van der Waals surface area contributed by atoms with Crippen molar-refractivity contribution in [1.29, 1.82) is 0 Å². The first-order valence-electron chi connectivity index (χ1n) is 3.56. The molecule has 0 aliphatic carbocycles. The highest BCUT2D eigenvalue weighted by Crippen LogP contribution is 2.35. The second-order valence-electron chi connectivity index (χ2n) is 2.69. The molecule has 1 aromatic carbocycles. The van der Waals surface area contributed by atoms with Gasteiger partial charge in [0.05, 0.1) is 16.6 Å². The molecule has 0 aromatic heterocycles. The Hall–Kier alpha value is -0.510. The summed E-state index contributed by atoms with van der Waals surface area (Å²) in [7, 11) is 0. The van der Waals surface area contributed by atoms with Gasteiger partial charge in [-0.25, -0.2) is 4.39 Å². The molecule has 0 fully saturated rings. The molecule has 2 N–H and O–H groups in total. The molecule has 13 heavy (non-hydrogen) atoms. The molecular weight excluding hydrogens is 216 g/mol. The van der Waals surface area contributed by atoms with Crippen LogP contribution < -0.4 is 10.5 Å². The Morgan fingerprint density at radius 1 is 1.54 bits per heavy atom. The fourth-order valence-corrected chi connectivity index (χ4v) is 1.45. The molecule has 1 atom stereocenters. The number of rotatable bonds is 0. The van der Waals surface area contributed by atoms with E-state index < -0.39 is 11.9 Å². The molecule has 1 aliphatic heterocycles. The standard InChI is InChI=1S/C8H7ClFNO.ClH/c9-4-1-2-6-7(8(4)10)5(11)3-12-6;/h1-2,5H,3,11H2;1H. The van der Waals surface area contributed by atoms with Gasteiger partial charge in [-0.2, -0.15) is 0 Å². The van der Waals surface area contributed by atoms with Crippen molar-refractivity contribution in [3.8, 4) is 5.75 Å². The Morgan fingerprint density at radius 3 is 2.92 bits per heavy atom. The van der Waals surface area contributed by atoms with Crippen molar-refractivity contribution >= 4 is 24.0 Å². The van der Waals surface area contributed by atoms with Gasteiger partial charge in [0, 0.05) is 0 Å². The van der Waals surface area contributed by atoms with Gasteiger partial charge in [0.15, 0.2) is 0 Å². The van der Waals surface area contributed by atoms with Gasteiger partial charge < -0.3 is 10.5 Å². The lowest BCUT2D eigenvalue weighted by Crippen LogP contribution is -2.12. The molecular formula is C8H8Cl2FNO. The van der Waals surface area contributed by atoms with Crippen molar-refractivity contribution in [3.63, 3.8) is 0 Å². The summed E-state index contributed by atoms with van der Waals surface area (Å²) >= 11 is 5.57. The van der Waals surface area contributed by atoms with Crippen molar-refractivity contribution in [2.24, 2.45) is 5.73 Å². The fraction of sp³-hybridized carbons (Fsp3) is 0.250. The smallest absolute Gasteiger partial charge is 0.150 e. The van der Waals surface area contributed by atoms with Crippen LogP contribution in [-0.4, -0.2) is 6.61 Å². The predicted octanol–water partition coefficient (Wildman–Crippen LogP) is 2.29.